The molecule has 10 nitrogen and oxygen atoms in total. The fourth-order valence-electron chi connectivity index (χ4n) is 3.07. The van der Waals surface area contributed by atoms with E-state index in [1.54, 1.807) is 17.7 Å². The summed E-state index contributed by atoms with van der Waals surface area (Å²) < 4.78 is 46.9. The topological polar surface area (TPSA) is 131 Å². The van der Waals surface area contributed by atoms with Crippen LogP contribution in [0.1, 0.15) is 10.4 Å². The average Bonchev–Trinajstić information content (AvgIpc) is 3.11. The summed E-state index contributed by atoms with van der Waals surface area (Å²) >= 11 is 1.17. The summed E-state index contributed by atoms with van der Waals surface area (Å²) in [6, 6.07) is 7.53. The van der Waals surface area contributed by atoms with E-state index < -0.39 is 15.9 Å². The van der Waals surface area contributed by atoms with Crippen LogP contribution in [0, 0.1) is 0 Å². The molecule has 0 fully saturated rings. The zero-order valence-corrected chi connectivity index (χ0v) is 19.6. The third kappa shape index (κ3) is 4.78. The predicted octanol–water partition coefficient (Wildman–Crippen LogP) is 1.76. The third-order valence-electron chi connectivity index (χ3n) is 4.61. The summed E-state index contributed by atoms with van der Waals surface area (Å²) in [5.74, 6) is 0.478. The van der Waals surface area contributed by atoms with Gasteiger partial charge in [-0.25, -0.2) is 13.6 Å². The third-order valence-corrected chi connectivity index (χ3v) is 6.56. The van der Waals surface area contributed by atoms with Crippen molar-refractivity contribution in [1.82, 2.24) is 4.57 Å². The Hall–Kier alpha value is -2.93. The van der Waals surface area contributed by atoms with Crippen LogP contribution < -0.4 is 24.2 Å². The van der Waals surface area contributed by atoms with Gasteiger partial charge in [0.15, 0.2) is 16.3 Å². The van der Waals surface area contributed by atoms with Gasteiger partial charge in [0.1, 0.15) is 0 Å². The number of carbonyl (C=O) groups excluding carboxylic acids is 1. The van der Waals surface area contributed by atoms with Crippen LogP contribution in [0.5, 0.6) is 17.2 Å². The number of nitrogens with two attached hydrogens (primary N) is 1. The smallest absolute Gasteiger partial charge is 0.279 e. The molecule has 0 aliphatic heterocycles. The van der Waals surface area contributed by atoms with Gasteiger partial charge in [-0.2, -0.15) is 4.99 Å². The molecule has 0 saturated heterocycles. The van der Waals surface area contributed by atoms with Crippen molar-refractivity contribution >= 4 is 37.5 Å². The molecule has 12 heteroatoms. The van der Waals surface area contributed by atoms with Gasteiger partial charge in [0.25, 0.3) is 5.91 Å². The van der Waals surface area contributed by atoms with Gasteiger partial charge < -0.3 is 23.5 Å². The number of hydrogen-bond acceptors (Lipinski definition) is 8. The number of fused-ring (bicyclic) bond motifs is 1. The molecular formula is C20H23N3O7S2. The molecule has 0 aliphatic rings. The molecule has 0 saturated carbocycles. The number of rotatable bonds is 8. The number of methoxy groups -OCH3 is 4. The van der Waals surface area contributed by atoms with Crippen molar-refractivity contribution in [3.05, 3.63) is 40.7 Å². The van der Waals surface area contributed by atoms with Gasteiger partial charge in [0.2, 0.25) is 15.8 Å². The molecule has 0 atom stereocenters. The molecule has 1 aromatic heterocycles. The second kappa shape index (κ2) is 9.69. The molecule has 0 unspecified atom stereocenters. The van der Waals surface area contributed by atoms with Gasteiger partial charge >= 0.3 is 0 Å². The number of thiazole rings is 1. The summed E-state index contributed by atoms with van der Waals surface area (Å²) in [6.07, 6.45) is 0. The van der Waals surface area contributed by atoms with Gasteiger partial charge in [-0.05, 0) is 30.3 Å². The number of sulfonamides is 1. The van der Waals surface area contributed by atoms with Crippen LogP contribution in [0.15, 0.2) is 40.2 Å². The molecule has 172 valence electrons. The van der Waals surface area contributed by atoms with Crippen molar-refractivity contribution in [2.24, 2.45) is 10.1 Å². The Morgan fingerprint density at radius 3 is 2.25 bits per heavy atom. The zero-order chi connectivity index (χ0) is 23.5. The second-order valence-corrected chi connectivity index (χ2v) is 9.11. The maximum absolute atomic E-state index is 13.0. The number of carbonyl (C=O) groups is 1. The van der Waals surface area contributed by atoms with E-state index in [9.17, 15) is 13.2 Å². The fraction of sp³-hybridized carbons (Fsp3) is 0.300. The second-order valence-electron chi connectivity index (χ2n) is 6.53. The number of nitrogens with zero attached hydrogens (tertiary/aromatic N) is 2. The largest absolute Gasteiger partial charge is 0.493 e. The van der Waals surface area contributed by atoms with Crippen molar-refractivity contribution in [3.63, 3.8) is 0 Å². The van der Waals surface area contributed by atoms with Crippen molar-refractivity contribution in [2.75, 3.05) is 35.0 Å². The van der Waals surface area contributed by atoms with Crippen LogP contribution in [-0.4, -0.2) is 53.9 Å². The highest BCUT2D eigenvalue weighted by Crippen LogP contribution is 2.38. The number of primary sulfonamides is 1. The Labute approximate surface area is 188 Å². The monoisotopic (exact) mass is 481 g/mol. The minimum absolute atomic E-state index is 0.0207. The lowest BCUT2D eigenvalue weighted by Gasteiger charge is -2.12. The van der Waals surface area contributed by atoms with Gasteiger partial charge in [-0.1, -0.05) is 11.3 Å². The van der Waals surface area contributed by atoms with Crippen molar-refractivity contribution in [2.45, 2.75) is 11.4 Å². The fourth-order valence-corrected chi connectivity index (χ4v) is 4.78. The molecule has 1 amide bonds. The molecular weight excluding hydrogens is 458 g/mol. The first-order chi connectivity index (χ1) is 15.2. The highest BCUT2D eigenvalue weighted by molar-refractivity contribution is 7.89. The van der Waals surface area contributed by atoms with Crippen molar-refractivity contribution in [1.29, 1.82) is 0 Å². The number of aromatic nitrogens is 1. The highest BCUT2D eigenvalue weighted by atomic mass is 32.2. The maximum atomic E-state index is 13.0. The quantitative estimate of drug-likeness (QED) is 0.519. The average molecular weight is 482 g/mol. The summed E-state index contributed by atoms with van der Waals surface area (Å²) in [5, 5.41) is 5.25. The van der Waals surface area contributed by atoms with Gasteiger partial charge in [0.05, 0.1) is 43.0 Å². The molecule has 3 rings (SSSR count). The van der Waals surface area contributed by atoms with Gasteiger partial charge in [-0.3, -0.25) is 4.79 Å². The standard InChI is InChI=1S/C20H23N3O7S2/c1-27-8-7-23-14-6-5-13(32(21,25)26)11-17(14)31-20(23)22-19(24)12-9-15(28-2)18(30-4)16(10-12)29-3/h5-6,9-11H,7-8H2,1-4H3,(H2,21,25,26). The number of ether oxygens (including phenoxy) is 4. The first-order valence-corrected chi connectivity index (χ1v) is 11.6. The highest BCUT2D eigenvalue weighted by Gasteiger charge is 2.18. The normalized spacial score (nSPS) is 12.2. The molecule has 3 aromatic rings. The molecule has 0 bridgehead atoms. The number of benzene rings is 2. The van der Waals surface area contributed by atoms with E-state index in [0.29, 0.717) is 45.4 Å². The molecule has 32 heavy (non-hydrogen) atoms. The molecule has 0 radical (unpaired) electrons. The van der Waals surface area contributed by atoms with Crippen molar-refractivity contribution < 1.29 is 32.2 Å². The number of hydrogen-bond donors (Lipinski definition) is 1. The Bertz CT molecular complexity index is 1300. The van der Waals surface area contributed by atoms with Crippen LogP contribution in [0.2, 0.25) is 0 Å². The molecule has 2 aromatic carbocycles. The van der Waals surface area contributed by atoms with E-state index >= 15 is 0 Å². The van der Waals surface area contributed by atoms with Crippen LogP contribution in [0.3, 0.4) is 0 Å². The summed E-state index contributed by atoms with van der Waals surface area (Å²) in [4.78, 5) is 17.6. The van der Waals surface area contributed by atoms with Crippen LogP contribution in [-0.2, 0) is 21.3 Å². The van der Waals surface area contributed by atoms with Crippen LogP contribution in [0.25, 0.3) is 10.2 Å². The summed E-state index contributed by atoms with van der Waals surface area (Å²) in [6.45, 7) is 0.779. The zero-order valence-electron chi connectivity index (χ0n) is 17.9. The lowest BCUT2D eigenvalue weighted by Crippen LogP contribution is -2.19. The van der Waals surface area contributed by atoms with E-state index in [2.05, 4.69) is 4.99 Å². The minimum Gasteiger partial charge on any atom is -0.493 e. The van der Waals surface area contributed by atoms with E-state index in [1.165, 1.54) is 56.9 Å². The Kier molecular flexibility index (Phi) is 7.19. The van der Waals surface area contributed by atoms with Gasteiger partial charge in [0, 0.05) is 19.2 Å². The van der Waals surface area contributed by atoms with E-state index in [0.717, 1.165) is 0 Å². The Morgan fingerprint density at radius 2 is 1.72 bits per heavy atom. The first kappa shape index (κ1) is 23.7. The first-order valence-electron chi connectivity index (χ1n) is 9.27. The molecule has 1 heterocycles. The maximum Gasteiger partial charge on any atom is 0.279 e. The van der Waals surface area contributed by atoms with Crippen molar-refractivity contribution in [3.8, 4) is 17.2 Å². The predicted molar refractivity (Wildman–Crippen MR) is 119 cm³/mol. The molecule has 0 aliphatic carbocycles. The molecule has 0 spiro atoms. The van der Waals surface area contributed by atoms with E-state index in [1.807, 2.05) is 0 Å². The lowest BCUT2D eigenvalue weighted by molar-refractivity contribution is 0.0996. The minimum atomic E-state index is -3.87. The SMILES string of the molecule is COCCn1c(=NC(=O)c2cc(OC)c(OC)c(OC)c2)sc2cc(S(N)(=O)=O)ccc21. The van der Waals surface area contributed by atoms with Crippen LogP contribution >= 0.6 is 11.3 Å². The number of amides is 1. The Balaban J connectivity index is 2.17. The van der Waals surface area contributed by atoms with Crippen LogP contribution in [0.4, 0.5) is 0 Å². The summed E-state index contributed by atoms with van der Waals surface area (Å²) in [7, 11) is 2.07. The van der Waals surface area contributed by atoms with Gasteiger partial charge in [-0.15, -0.1) is 0 Å². The molecule has 2 N–H and O–H groups in total. The Morgan fingerprint density at radius 1 is 1.06 bits per heavy atom. The lowest BCUT2D eigenvalue weighted by atomic mass is 10.1. The summed E-state index contributed by atoms with van der Waals surface area (Å²) in [5.41, 5.74) is 0.941. The van der Waals surface area contributed by atoms with E-state index in [4.69, 9.17) is 24.1 Å². The van der Waals surface area contributed by atoms with E-state index in [-0.39, 0.29) is 10.5 Å².